The van der Waals surface area contributed by atoms with Gasteiger partial charge in [0.1, 0.15) is 22.2 Å². The van der Waals surface area contributed by atoms with Crippen LogP contribution in [0.25, 0.3) is 21.5 Å². The largest absolute Gasteiger partial charge is 0.481 e. The number of nitrogens with one attached hydrogen (secondary N) is 1. The van der Waals surface area contributed by atoms with Crippen molar-refractivity contribution in [3.63, 3.8) is 0 Å². The van der Waals surface area contributed by atoms with Crippen molar-refractivity contribution in [3.8, 4) is 0 Å². The van der Waals surface area contributed by atoms with Crippen molar-refractivity contribution >= 4 is 92.8 Å². The van der Waals surface area contributed by atoms with Gasteiger partial charge in [0, 0.05) is 96.9 Å². The van der Waals surface area contributed by atoms with Crippen LogP contribution in [-0.2, 0) is 50.8 Å². The smallest absolute Gasteiger partial charge is 0.306 e. The van der Waals surface area contributed by atoms with Gasteiger partial charge in [0.2, 0.25) is 23.5 Å². The molecule has 1 aromatic heterocycles. The second-order valence-electron chi connectivity index (χ2n) is 22.2. The number of hydrogen-bond acceptors (Lipinski definition) is 14. The van der Waals surface area contributed by atoms with Gasteiger partial charge in [0.05, 0.1) is 17.1 Å². The molecule has 80 heavy (non-hydrogen) atoms. The Kier molecular flexibility index (Phi) is 16.7. The van der Waals surface area contributed by atoms with Crippen LogP contribution < -0.4 is 20.0 Å². The van der Waals surface area contributed by atoms with E-state index in [4.69, 9.17) is 4.98 Å². The summed E-state index contributed by atoms with van der Waals surface area (Å²) in [6.07, 6.45) is 12.3. The van der Waals surface area contributed by atoms with Crippen LogP contribution >= 0.6 is 0 Å². The molecule has 4 aliphatic rings. The lowest BCUT2D eigenvalue weighted by atomic mass is 9.74. The summed E-state index contributed by atoms with van der Waals surface area (Å²) in [4.78, 5) is 44.7. The summed E-state index contributed by atoms with van der Waals surface area (Å²) < 4.78 is 107. The number of carbonyl (C=O) groups excluding carboxylic acids is 1. The molecule has 9 rings (SSSR count). The molecule has 5 heterocycles. The highest BCUT2D eigenvalue weighted by Crippen LogP contribution is 2.52. The molecule has 5 N–H and O–H groups in total. The summed E-state index contributed by atoms with van der Waals surface area (Å²) in [5, 5.41) is 14.7. The standard InChI is InChI=1S/C57H70N8O12S3/c1-6-29-57(5)49(65(31-13-36-78(69,70)71)45-24-22-41-43(52(45)57)15-11-17-47(41)80(75,76)77)19-12-18-48-56(3,4)51-42-14-10-16-46(79(72,73)74)40(42)21-23-44(51)64(48)30-9-7-8-20-50(66)60-39-27-34-63(35-28-39)55-59-37(2)58-54(61-55)62-32-25-38(26-33-62)53(67)68/h10-12,14-19,21-24,38-39H,6-9,13,20,25-36H2,1-5H3,(H4-,60,66,67,68,69,70,71,72,73,74,75,76,77)/p+1. The number of nitrogens with zero attached hydrogens (tertiary/aromatic N) is 7. The number of rotatable bonds is 20. The van der Waals surface area contributed by atoms with Gasteiger partial charge in [-0.2, -0.15) is 44.8 Å². The molecule has 2 fully saturated rings. The van der Waals surface area contributed by atoms with E-state index in [1.165, 1.54) is 12.1 Å². The van der Waals surface area contributed by atoms with Gasteiger partial charge in [-0.3, -0.25) is 23.2 Å². The number of carboxylic acid groups (broad SMARTS) is 1. The zero-order valence-electron chi connectivity index (χ0n) is 45.8. The van der Waals surface area contributed by atoms with Crippen molar-refractivity contribution in [3.05, 3.63) is 102 Å². The van der Waals surface area contributed by atoms with E-state index in [-0.39, 0.29) is 40.6 Å². The summed E-state index contributed by atoms with van der Waals surface area (Å²) >= 11 is 0. The maximum absolute atomic E-state index is 13.4. The van der Waals surface area contributed by atoms with Gasteiger partial charge in [-0.25, -0.2) is 0 Å². The molecule has 5 aromatic rings. The van der Waals surface area contributed by atoms with E-state index in [1.807, 2.05) is 59.8 Å². The van der Waals surface area contributed by atoms with Gasteiger partial charge >= 0.3 is 5.97 Å². The van der Waals surface area contributed by atoms with Gasteiger partial charge in [-0.15, -0.1) is 0 Å². The van der Waals surface area contributed by atoms with Crippen LogP contribution in [0, 0.1) is 12.8 Å². The Morgan fingerprint density at radius 1 is 0.738 bits per heavy atom. The summed E-state index contributed by atoms with van der Waals surface area (Å²) in [5.41, 5.74) is 3.57. The first-order valence-corrected chi connectivity index (χ1v) is 31.9. The van der Waals surface area contributed by atoms with Crippen molar-refractivity contribution in [1.29, 1.82) is 0 Å². The van der Waals surface area contributed by atoms with Crippen molar-refractivity contribution in [2.45, 2.75) is 132 Å². The number of allylic oxidation sites excluding steroid dienone is 4. The first-order chi connectivity index (χ1) is 37.8. The first-order valence-electron chi connectivity index (χ1n) is 27.4. The molecule has 428 valence electrons. The molecular formula is C57H71N8O12S3+. The molecule has 0 aliphatic carbocycles. The maximum Gasteiger partial charge on any atom is 0.306 e. The molecule has 0 bridgehead atoms. The maximum atomic E-state index is 13.4. The SMILES string of the molecule is CCCC1(C)C(/C=C/C=C2/N(CCCCCC(=O)NC3CCN(c4nc(C)nc(N5CCC(C(=O)O)CC5)n4)CC3)c3ccc4c(S(=O)(=O)O)cccc4c3C2(C)C)=[N+](CCCS(=O)(=O)O)c2ccc3c(S(=O)(=O)O)cccc3c21. The number of piperidine rings is 2. The van der Waals surface area contributed by atoms with Crippen LogP contribution in [0.2, 0.25) is 0 Å². The quantitative estimate of drug-likeness (QED) is 0.0278. The highest BCUT2D eigenvalue weighted by Gasteiger charge is 2.49. The minimum atomic E-state index is -4.59. The lowest BCUT2D eigenvalue weighted by Gasteiger charge is -2.34. The Labute approximate surface area is 468 Å². The van der Waals surface area contributed by atoms with Gasteiger partial charge in [-0.1, -0.05) is 70.0 Å². The zero-order chi connectivity index (χ0) is 57.5. The number of carbonyl (C=O) groups is 2. The van der Waals surface area contributed by atoms with Crippen molar-refractivity contribution in [2.75, 3.05) is 59.7 Å². The second-order valence-corrected chi connectivity index (χ2v) is 26.6. The predicted octanol–water partition coefficient (Wildman–Crippen LogP) is 8.30. The van der Waals surface area contributed by atoms with Crippen molar-refractivity contribution in [1.82, 2.24) is 20.3 Å². The number of amides is 1. The summed E-state index contributed by atoms with van der Waals surface area (Å²) in [6.45, 7) is 13.3. The molecule has 2 saturated heterocycles. The third-order valence-electron chi connectivity index (χ3n) is 16.4. The van der Waals surface area contributed by atoms with Crippen LogP contribution in [-0.4, -0.2) is 132 Å². The highest BCUT2D eigenvalue weighted by molar-refractivity contribution is 7.86. The fourth-order valence-corrected chi connectivity index (χ4v) is 14.6. The Bertz CT molecular complexity index is 3700. The van der Waals surface area contributed by atoms with Crippen LogP contribution in [0.5, 0.6) is 0 Å². The predicted molar refractivity (Wildman–Crippen MR) is 307 cm³/mol. The number of aliphatic carboxylic acids is 1. The third-order valence-corrected chi connectivity index (χ3v) is 19.0. The van der Waals surface area contributed by atoms with Gasteiger partial charge in [0.25, 0.3) is 30.4 Å². The number of aryl methyl sites for hydroxylation is 1. The van der Waals surface area contributed by atoms with E-state index in [0.29, 0.717) is 111 Å². The van der Waals surface area contributed by atoms with E-state index in [1.54, 1.807) is 30.3 Å². The summed E-state index contributed by atoms with van der Waals surface area (Å²) in [5.74, 6) is 0.0834. The number of benzene rings is 4. The van der Waals surface area contributed by atoms with E-state index in [2.05, 4.69) is 45.9 Å². The first kappa shape index (κ1) is 58.3. The Morgan fingerprint density at radius 2 is 1.32 bits per heavy atom. The summed E-state index contributed by atoms with van der Waals surface area (Å²) in [7, 11) is -13.5. The highest BCUT2D eigenvalue weighted by atomic mass is 32.2. The topological polar surface area (TPSA) is 281 Å². The van der Waals surface area contributed by atoms with Crippen LogP contribution in [0.3, 0.4) is 0 Å². The summed E-state index contributed by atoms with van der Waals surface area (Å²) in [6, 6.07) is 16.7. The van der Waals surface area contributed by atoms with Gasteiger partial charge in [-0.05, 0) is 105 Å². The Balaban J connectivity index is 0.936. The minimum Gasteiger partial charge on any atom is -0.481 e. The average Bonchev–Trinajstić information content (AvgIpc) is 4.02. The van der Waals surface area contributed by atoms with Crippen LogP contribution in [0.15, 0.2) is 94.4 Å². The normalized spacial score (nSPS) is 19.7. The molecule has 1 atom stereocenters. The monoisotopic (exact) mass is 1160 g/mol. The number of fused-ring (bicyclic) bond motifs is 6. The van der Waals surface area contributed by atoms with Crippen LogP contribution in [0.4, 0.5) is 23.3 Å². The Hall–Kier alpha value is -6.37. The van der Waals surface area contributed by atoms with E-state index in [9.17, 15) is 53.6 Å². The van der Waals surface area contributed by atoms with E-state index in [0.717, 1.165) is 59.6 Å². The fraction of sp³-hybridized carbons (Fsp3) is 0.474. The molecule has 20 nitrogen and oxygen atoms in total. The van der Waals surface area contributed by atoms with Crippen molar-refractivity contribution < 1.29 is 58.2 Å². The third kappa shape index (κ3) is 12.0. The average molecular weight is 1160 g/mol. The molecular weight excluding hydrogens is 1080 g/mol. The number of unbranched alkanes of at least 4 members (excludes halogenated alkanes) is 2. The fourth-order valence-electron chi connectivity index (χ4n) is 12.7. The molecule has 23 heteroatoms. The lowest BCUT2D eigenvalue weighted by molar-refractivity contribution is -0.437. The second kappa shape index (κ2) is 22.9. The molecule has 0 spiro atoms. The molecule has 4 aromatic carbocycles. The number of aromatic nitrogens is 3. The zero-order valence-corrected chi connectivity index (χ0v) is 48.2. The molecule has 0 saturated carbocycles. The lowest BCUT2D eigenvalue weighted by Crippen LogP contribution is -2.45. The van der Waals surface area contributed by atoms with E-state index < -0.39 is 52.9 Å². The van der Waals surface area contributed by atoms with Crippen LogP contribution in [0.1, 0.15) is 115 Å². The van der Waals surface area contributed by atoms with E-state index >= 15 is 0 Å². The molecule has 4 aliphatic heterocycles. The minimum absolute atomic E-state index is 0.00565. The number of carboxylic acids is 1. The Morgan fingerprint density at radius 3 is 1.90 bits per heavy atom. The van der Waals surface area contributed by atoms with Crippen molar-refractivity contribution in [2.24, 2.45) is 5.92 Å². The number of hydrogen-bond donors (Lipinski definition) is 5. The molecule has 1 amide bonds. The molecule has 1 unspecified atom stereocenters. The van der Waals surface area contributed by atoms with Gasteiger partial charge in [0.15, 0.2) is 5.71 Å². The van der Waals surface area contributed by atoms with Gasteiger partial charge < -0.3 is 25.1 Å². The molecule has 0 radical (unpaired) electrons. The number of anilines is 3.